The average molecular weight is 320 g/mol. The minimum absolute atomic E-state index is 0.0685. The molecule has 0 bridgehead atoms. The first-order valence-electron chi connectivity index (χ1n) is 7.08. The first-order chi connectivity index (χ1) is 11.2. The van der Waals surface area contributed by atoms with Crippen molar-refractivity contribution in [2.24, 2.45) is 0 Å². The number of aromatic nitrogens is 2. The van der Waals surface area contributed by atoms with Crippen LogP contribution in [0.5, 0.6) is 0 Å². The number of hydrogen-bond acceptors (Lipinski definition) is 3. The Morgan fingerprint density at radius 3 is 2.30 bits per heavy atom. The van der Waals surface area contributed by atoms with Crippen molar-refractivity contribution < 1.29 is 9.90 Å². The van der Waals surface area contributed by atoms with E-state index in [9.17, 15) is 4.79 Å². The molecule has 0 aliphatic heterocycles. The maximum Gasteiger partial charge on any atom is 0.356 e. The smallest absolute Gasteiger partial charge is 0.356 e. The maximum absolute atomic E-state index is 11.0. The van der Waals surface area contributed by atoms with E-state index in [-0.39, 0.29) is 5.69 Å². The molecule has 0 atom stereocenters. The minimum Gasteiger partial charge on any atom is -0.476 e. The zero-order chi connectivity index (χ0) is 15.8. The summed E-state index contributed by atoms with van der Waals surface area (Å²) in [5.74, 6) is -1.01. The summed E-state index contributed by atoms with van der Waals surface area (Å²) in [7, 11) is 0. The van der Waals surface area contributed by atoms with Gasteiger partial charge in [-0.1, -0.05) is 54.6 Å². The first kappa shape index (κ1) is 13.7. The molecule has 0 unspecified atom stereocenters. The lowest BCUT2D eigenvalue weighted by Gasteiger charge is -2.04. The highest BCUT2D eigenvalue weighted by atomic mass is 32.1. The second-order valence-corrected chi connectivity index (χ2v) is 5.98. The lowest BCUT2D eigenvalue weighted by Crippen LogP contribution is -1.95. The van der Waals surface area contributed by atoms with Gasteiger partial charge in [-0.3, -0.25) is 4.40 Å². The summed E-state index contributed by atoms with van der Waals surface area (Å²) in [4.78, 5) is 15.8. The Morgan fingerprint density at radius 1 is 0.957 bits per heavy atom. The number of rotatable bonds is 3. The van der Waals surface area contributed by atoms with Gasteiger partial charge in [0.1, 0.15) is 0 Å². The zero-order valence-corrected chi connectivity index (χ0v) is 12.8. The Bertz CT molecular complexity index is 985. The Hall–Kier alpha value is -2.92. The molecule has 0 radical (unpaired) electrons. The summed E-state index contributed by atoms with van der Waals surface area (Å²) in [5, 5.41) is 11.0. The minimum atomic E-state index is -1.01. The highest BCUT2D eigenvalue weighted by molar-refractivity contribution is 7.15. The molecule has 2 aromatic heterocycles. The molecule has 23 heavy (non-hydrogen) atoms. The normalized spacial score (nSPS) is 11.0. The molecule has 0 aliphatic carbocycles. The Balaban J connectivity index is 1.75. The number of hydrogen-bond donors (Lipinski definition) is 1. The van der Waals surface area contributed by atoms with E-state index >= 15 is 0 Å². The molecule has 2 aromatic carbocycles. The van der Waals surface area contributed by atoms with Gasteiger partial charge < -0.3 is 5.11 Å². The van der Waals surface area contributed by atoms with Crippen LogP contribution in [0.4, 0.5) is 0 Å². The monoisotopic (exact) mass is 320 g/mol. The molecule has 4 aromatic rings. The Labute approximate surface area is 136 Å². The van der Waals surface area contributed by atoms with Crippen LogP contribution in [0.15, 0.2) is 66.2 Å². The number of carboxylic acids is 1. The second-order valence-electron chi connectivity index (χ2n) is 5.15. The van der Waals surface area contributed by atoms with Crippen LogP contribution in [0.3, 0.4) is 0 Å². The summed E-state index contributed by atoms with van der Waals surface area (Å²) in [6, 6.07) is 18.4. The molecule has 0 saturated heterocycles. The molecule has 0 fully saturated rings. The van der Waals surface area contributed by atoms with Gasteiger partial charge in [-0.2, -0.15) is 0 Å². The van der Waals surface area contributed by atoms with Gasteiger partial charge in [0.05, 0.1) is 5.69 Å². The second kappa shape index (κ2) is 5.37. The number of imidazole rings is 1. The van der Waals surface area contributed by atoms with Gasteiger partial charge in [0.2, 0.25) is 0 Å². The van der Waals surface area contributed by atoms with E-state index in [1.165, 1.54) is 16.9 Å². The van der Waals surface area contributed by atoms with Crippen LogP contribution in [-0.4, -0.2) is 20.5 Å². The number of thiazole rings is 1. The van der Waals surface area contributed by atoms with Gasteiger partial charge in [-0.25, -0.2) is 9.78 Å². The molecule has 0 spiro atoms. The summed E-state index contributed by atoms with van der Waals surface area (Å²) < 4.78 is 1.83. The summed E-state index contributed by atoms with van der Waals surface area (Å²) in [6.07, 6.45) is 1.56. The fourth-order valence-electron chi connectivity index (χ4n) is 2.56. The van der Waals surface area contributed by atoms with Crippen LogP contribution in [-0.2, 0) is 0 Å². The highest BCUT2D eigenvalue weighted by Crippen LogP contribution is 2.28. The SMILES string of the molecule is O=C(O)c1cn2c(-c3ccc(-c4ccccc4)cc3)csc2n1. The number of benzene rings is 2. The van der Waals surface area contributed by atoms with Crippen molar-refractivity contribution in [2.75, 3.05) is 0 Å². The average Bonchev–Trinajstić information content (AvgIpc) is 3.16. The summed E-state index contributed by atoms with van der Waals surface area (Å²) in [6.45, 7) is 0. The van der Waals surface area contributed by atoms with Crippen LogP contribution in [0, 0.1) is 0 Å². The van der Waals surface area contributed by atoms with Crippen LogP contribution < -0.4 is 0 Å². The van der Waals surface area contributed by atoms with E-state index in [2.05, 4.69) is 29.2 Å². The van der Waals surface area contributed by atoms with Gasteiger partial charge in [0.15, 0.2) is 10.7 Å². The van der Waals surface area contributed by atoms with Gasteiger partial charge in [0.25, 0.3) is 0 Å². The van der Waals surface area contributed by atoms with Crippen molar-refractivity contribution in [3.05, 3.63) is 71.9 Å². The standard InChI is InChI=1S/C18H12N2O2S/c21-17(22)15-10-20-16(11-23-18(20)19-15)14-8-6-13(7-9-14)12-4-2-1-3-5-12/h1-11H,(H,21,22). The van der Waals surface area contributed by atoms with Crippen LogP contribution in [0.25, 0.3) is 27.3 Å². The molecule has 0 aliphatic rings. The van der Waals surface area contributed by atoms with E-state index in [0.717, 1.165) is 16.8 Å². The van der Waals surface area contributed by atoms with Crippen molar-refractivity contribution >= 4 is 22.3 Å². The molecule has 112 valence electrons. The van der Waals surface area contributed by atoms with Crippen LogP contribution >= 0.6 is 11.3 Å². The van der Waals surface area contributed by atoms with E-state index in [4.69, 9.17) is 5.11 Å². The quantitative estimate of drug-likeness (QED) is 0.607. The van der Waals surface area contributed by atoms with E-state index in [0.29, 0.717) is 4.96 Å². The van der Waals surface area contributed by atoms with Crippen molar-refractivity contribution in [1.82, 2.24) is 9.38 Å². The third-order valence-electron chi connectivity index (χ3n) is 3.72. The molecule has 0 saturated carbocycles. The first-order valence-corrected chi connectivity index (χ1v) is 7.96. The third-order valence-corrected chi connectivity index (χ3v) is 4.56. The largest absolute Gasteiger partial charge is 0.476 e. The van der Waals surface area contributed by atoms with Crippen molar-refractivity contribution in [3.63, 3.8) is 0 Å². The Morgan fingerprint density at radius 2 is 1.61 bits per heavy atom. The molecule has 1 N–H and O–H groups in total. The van der Waals surface area contributed by atoms with Crippen molar-refractivity contribution in [2.45, 2.75) is 0 Å². The third kappa shape index (κ3) is 2.41. The fraction of sp³-hybridized carbons (Fsp3) is 0. The van der Waals surface area contributed by atoms with E-state index in [1.807, 2.05) is 40.1 Å². The summed E-state index contributed by atoms with van der Waals surface area (Å²) in [5.41, 5.74) is 4.37. The predicted molar refractivity (Wildman–Crippen MR) is 90.9 cm³/mol. The Kier molecular flexibility index (Phi) is 3.20. The molecular formula is C18H12N2O2S. The molecule has 4 nitrogen and oxygen atoms in total. The van der Waals surface area contributed by atoms with Crippen molar-refractivity contribution in [1.29, 1.82) is 0 Å². The van der Waals surface area contributed by atoms with Crippen LogP contribution in [0.2, 0.25) is 0 Å². The van der Waals surface area contributed by atoms with Crippen LogP contribution in [0.1, 0.15) is 10.5 Å². The highest BCUT2D eigenvalue weighted by Gasteiger charge is 2.13. The van der Waals surface area contributed by atoms with Gasteiger partial charge in [-0.05, 0) is 16.7 Å². The summed E-state index contributed by atoms with van der Waals surface area (Å²) >= 11 is 1.44. The lowest BCUT2D eigenvalue weighted by molar-refractivity contribution is 0.0691. The zero-order valence-electron chi connectivity index (χ0n) is 12.0. The number of carbonyl (C=O) groups is 1. The van der Waals surface area contributed by atoms with E-state index < -0.39 is 5.97 Å². The van der Waals surface area contributed by atoms with Crippen molar-refractivity contribution in [3.8, 4) is 22.4 Å². The predicted octanol–water partition coefficient (Wildman–Crippen LogP) is 4.43. The molecular weight excluding hydrogens is 308 g/mol. The lowest BCUT2D eigenvalue weighted by atomic mass is 10.0. The fourth-order valence-corrected chi connectivity index (χ4v) is 3.44. The number of nitrogens with zero attached hydrogens (tertiary/aromatic N) is 2. The number of fused-ring (bicyclic) bond motifs is 1. The molecule has 2 heterocycles. The topological polar surface area (TPSA) is 54.6 Å². The molecule has 0 amide bonds. The molecule has 5 heteroatoms. The number of aromatic carboxylic acids is 1. The van der Waals surface area contributed by atoms with E-state index in [1.54, 1.807) is 6.20 Å². The maximum atomic E-state index is 11.0. The molecule has 4 rings (SSSR count). The van der Waals surface area contributed by atoms with Gasteiger partial charge >= 0.3 is 5.97 Å². The number of carboxylic acid groups (broad SMARTS) is 1. The van der Waals surface area contributed by atoms with Gasteiger partial charge in [0, 0.05) is 11.6 Å². The van der Waals surface area contributed by atoms with Gasteiger partial charge in [-0.15, -0.1) is 11.3 Å².